The Morgan fingerprint density at radius 2 is 1.34 bits per heavy atom. The van der Waals surface area contributed by atoms with Crippen molar-refractivity contribution in [2.45, 2.75) is 69.6 Å². The number of ether oxygens (including phenoxy) is 7. The van der Waals surface area contributed by atoms with Crippen molar-refractivity contribution in [1.29, 1.82) is 0 Å². The second-order valence-electron chi connectivity index (χ2n) is 18.6. The fraction of sp³-hybridized carbons (Fsp3) is 0.382. The van der Waals surface area contributed by atoms with Gasteiger partial charge in [-0.2, -0.15) is 12.6 Å². The molecule has 0 aromatic heterocycles. The molecule has 1 unspecified atom stereocenters. The molecule has 4 heterocycles. The van der Waals surface area contributed by atoms with E-state index in [9.17, 15) is 14.4 Å². The van der Waals surface area contributed by atoms with Gasteiger partial charge >= 0.3 is 0 Å². The maximum atomic E-state index is 14.3. The topological polar surface area (TPSA) is 150 Å². The lowest BCUT2D eigenvalue weighted by atomic mass is 10.1. The SMILES string of the molecule is COCCOCCOCCN(C(=O)CCC(C)(C)S)c1cc(COc2cc3c(cc2OC)C(=O)N2c4ccccc4C[C@H]2C=N3)cc(COc2cc3c(cc2OC)C(=O)N2c4ccccc4CC2CN3)c1. The van der Waals surface area contributed by atoms with Crippen molar-refractivity contribution >= 4 is 65.0 Å². The summed E-state index contributed by atoms with van der Waals surface area (Å²) in [7, 11) is 4.71. The second-order valence-corrected chi connectivity index (χ2v) is 19.8. The minimum Gasteiger partial charge on any atom is -0.493 e. The molecule has 71 heavy (non-hydrogen) atoms. The fourth-order valence-electron chi connectivity index (χ4n) is 9.55. The number of anilines is 4. The van der Waals surface area contributed by atoms with E-state index in [-0.39, 0.29) is 67.3 Å². The molecule has 0 fully saturated rings. The van der Waals surface area contributed by atoms with Crippen LogP contribution in [-0.4, -0.2) is 108 Å². The number of amides is 3. The lowest BCUT2D eigenvalue weighted by molar-refractivity contribution is -0.119. The quantitative estimate of drug-likeness (QED) is 0.0538. The predicted octanol–water partition coefficient (Wildman–Crippen LogP) is 8.65. The summed E-state index contributed by atoms with van der Waals surface area (Å²) < 4.78 is 41.1. The smallest absolute Gasteiger partial charge is 0.261 e. The van der Waals surface area contributed by atoms with Crippen LogP contribution in [0.15, 0.2) is 96.0 Å². The van der Waals surface area contributed by atoms with Crippen molar-refractivity contribution in [2.75, 3.05) is 87.5 Å². The first-order valence-corrected chi connectivity index (χ1v) is 24.5. The Labute approximate surface area is 420 Å². The molecule has 0 spiro atoms. The highest BCUT2D eigenvalue weighted by Gasteiger charge is 2.39. The Morgan fingerprint density at radius 3 is 2.01 bits per heavy atom. The van der Waals surface area contributed by atoms with Gasteiger partial charge in [0.1, 0.15) is 13.2 Å². The van der Waals surface area contributed by atoms with Crippen molar-refractivity contribution < 1.29 is 47.5 Å². The van der Waals surface area contributed by atoms with Gasteiger partial charge in [0.25, 0.3) is 11.8 Å². The number of hydrogen-bond donors (Lipinski definition) is 2. The van der Waals surface area contributed by atoms with Crippen LogP contribution in [0.2, 0.25) is 0 Å². The van der Waals surface area contributed by atoms with Gasteiger partial charge < -0.3 is 48.3 Å². The molecule has 3 amide bonds. The Bertz CT molecular complexity index is 2810. The molecule has 4 aliphatic heterocycles. The number of nitrogens with zero attached hydrogens (tertiary/aromatic N) is 4. The van der Waals surface area contributed by atoms with Crippen LogP contribution in [0.25, 0.3) is 0 Å². The Morgan fingerprint density at radius 1 is 0.732 bits per heavy atom. The first kappa shape index (κ1) is 49.4. The minimum atomic E-state index is -0.374. The number of nitrogens with one attached hydrogen (secondary N) is 1. The van der Waals surface area contributed by atoms with Gasteiger partial charge in [-0.25, -0.2) is 0 Å². The van der Waals surface area contributed by atoms with E-state index >= 15 is 0 Å². The molecule has 5 aromatic rings. The zero-order valence-corrected chi connectivity index (χ0v) is 41.8. The van der Waals surface area contributed by atoms with Crippen molar-refractivity contribution in [3.63, 3.8) is 0 Å². The number of benzene rings is 5. The number of thiol groups is 1. The molecule has 16 heteroatoms. The summed E-state index contributed by atoms with van der Waals surface area (Å²) in [6, 6.07) is 28.5. The number of fused-ring (bicyclic) bond motifs is 8. The molecule has 0 bridgehead atoms. The van der Waals surface area contributed by atoms with Crippen LogP contribution in [0.5, 0.6) is 23.0 Å². The maximum absolute atomic E-state index is 14.3. The molecule has 0 saturated carbocycles. The molecule has 0 aliphatic carbocycles. The van der Waals surface area contributed by atoms with E-state index in [1.807, 2.05) is 91.7 Å². The highest BCUT2D eigenvalue weighted by Crippen LogP contribution is 2.43. The molecule has 15 nitrogen and oxygen atoms in total. The third kappa shape index (κ3) is 11.0. The number of carbonyl (C=O) groups excluding carboxylic acids is 3. The normalized spacial score (nSPS) is 16.4. The largest absolute Gasteiger partial charge is 0.493 e. The van der Waals surface area contributed by atoms with Crippen LogP contribution in [0.1, 0.15) is 69.7 Å². The zero-order valence-electron chi connectivity index (χ0n) is 40.9. The fourth-order valence-corrected chi connectivity index (χ4v) is 9.67. The molecule has 4 aliphatic rings. The van der Waals surface area contributed by atoms with Gasteiger partial charge in [-0.05, 0) is 77.6 Å². The molecule has 0 radical (unpaired) electrons. The zero-order chi connectivity index (χ0) is 49.6. The van der Waals surface area contributed by atoms with Gasteiger partial charge in [0.2, 0.25) is 5.91 Å². The molecular formula is C55H61N5O10S. The molecule has 1 N–H and O–H groups in total. The highest BCUT2D eigenvalue weighted by atomic mass is 32.1. The van der Waals surface area contributed by atoms with Gasteiger partial charge in [0.15, 0.2) is 23.0 Å². The number of aliphatic imine (C=N–C) groups is 1. The lowest BCUT2D eigenvalue weighted by Gasteiger charge is -2.26. The lowest BCUT2D eigenvalue weighted by Crippen LogP contribution is -2.39. The summed E-state index contributed by atoms with van der Waals surface area (Å²) in [5.41, 5.74) is 8.17. The Balaban J connectivity index is 1.00. The number of para-hydroxylation sites is 2. The first-order chi connectivity index (χ1) is 34.4. The van der Waals surface area contributed by atoms with Crippen LogP contribution < -0.4 is 39.0 Å². The summed E-state index contributed by atoms with van der Waals surface area (Å²) in [6.45, 7) is 6.88. The van der Waals surface area contributed by atoms with E-state index in [0.29, 0.717) is 97.0 Å². The van der Waals surface area contributed by atoms with Crippen molar-refractivity contribution in [1.82, 2.24) is 0 Å². The van der Waals surface area contributed by atoms with E-state index in [1.54, 1.807) is 42.2 Å². The van der Waals surface area contributed by atoms with E-state index in [1.165, 1.54) is 7.11 Å². The van der Waals surface area contributed by atoms with Gasteiger partial charge in [-0.1, -0.05) is 50.2 Å². The molecule has 9 rings (SSSR count). The Hall–Kier alpha value is -6.59. The van der Waals surface area contributed by atoms with E-state index < -0.39 is 0 Å². The van der Waals surface area contributed by atoms with Crippen molar-refractivity contribution in [3.05, 3.63) is 124 Å². The molecular weight excluding hydrogens is 923 g/mol. The average Bonchev–Trinajstić information content (AvgIpc) is 3.86. The van der Waals surface area contributed by atoms with E-state index in [2.05, 4.69) is 11.4 Å². The van der Waals surface area contributed by atoms with E-state index in [4.69, 9.17) is 50.8 Å². The van der Waals surface area contributed by atoms with Gasteiger partial charge in [0, 0.05) is 73.2 Å². The maximum Gasteiger partial charge on any atom is 0.261 e. The third-order valence-corrected chi connectivity index (χ3v) is 13.4. The van der Waals surface area contributed by atoms with Gasteiger partial charge in [-0.15, -0.1) is 0 Å². The molecule has 372 valence electrons. The standard InChI is InChI=1S/C55H61N5O10S/c1-55(2,71)15-14-52(61)58(16-17-67-20-21-68-19-18-64-3)39-23-35(33-69-50-29-44-42(27-48(50)65-4)53(62)59-40(31-56-44)25-37-10-6-8-12-46(37)59)22-36(24-39)34-70-51-30-45-43(28-49(51)66-5)54(63)60-41(32-57-45)26-38-11-7-9-13-47(38)60/h6-13,22-24,27-31,40-41,57,71H,14-21,25-26,32-34H2,1-5H3/t40-,41?/m0/s1. The molecule has 0 saturated heterocycles. The summed E-state index contributed by atoms with van der Waals surface area (Å²) in [5.74, 6) is 1.25. The average molecular weight is 984 g/mol. The second kappa shape index (κ2) is 21.8. The monoisotopic (exact) mass is 983 g/mol. The Kier molecular flexibility index (Phi) is 15.2. The minimum absolute atomic E-state index is 0.0352. The summed E-state index contributed by atoms with van der Waals surface area (Å²) in [4.78, 5) is 52.8. The number of methoxy groups -OCH3 is 3. The van der Waals surface area contributed by atoms with Crippen LogP contribution in [0.4, 0.5) is 28.4 Å². The predicted molar refractivity (Wildman–Crippen MR) is 277 cm³/mol. The van der Waals surface area contributed by atoms with Gasteiger partial charge in [0.05, 0.1) is 81.8 Å². The van der Waals surface area contributed by atoms with Gasteiger partial charge in [-0.3, -0.25) is 24.3 Å². The van der Waals surface area contributed by atoms with Crippen LogP contribution in [0.3, 0.4) is 0 Å². The summed E-state index contributed by atoms with van der Waals surface area (Å²) in [6.07, 6.45) is 4.05. The summed E-state index contributed by atoms with van der Waals surface area (Å²) in [5, 5.41) is 3.51. The van der Waals surface area contributed by atoms with E-state index in [0.717, 1.165) is 40.0 Å². The van der Waals surface area contributed by atoms with Crippen LogP contribution in [-0.2, 0) is 45.1 Å². The highest BCUT2D eigenvalue weighted by molar-refractivity contribution is 7.81. The summed E-state index contributed by atoms with van der Waals surface area (Å²) >= 11 is 4.72. The van der Waals surface area contributed by atoms with Crippen molar-refractivity contribution in [2.24, 2.45) is 4.99 Å². The third-order valence-electron chi connectivity index (χ3n) is 13.1. The van der Waals surface area contributed by atoms with Crippen molar-refractivity contribution in [3.8, 4) is 23.0 Å². The first-order valence-electron chi connectivity index (χ1n) is 24.0. The number of rotatable bonds is 21. The molecule has 2 atom stereocenters. The van der Waals surface area contributed by atoms with Crippen LogP contribution >= 0.6 is 12.6 Å². The number of carbonyl (C=O) groups is 3. The number of hydrogen-bond acceptors (Lipinski definition) is 13. The molecule has 5 aromatic carbocycles. The van der Waals surface area contributed by atoms with Crippen LogP contribution in [0, 0.1) is 0 Å².